The van der Waals surface area contributed by atoms with Crippen LogP contribution in [0.3, 0.4) is 0 Å². The van der Waals surface area contributed by atoms with Gasteiger partial charge in [0.15, 0.2) is 0 Å². The summed E-state index contributed by atoms with van der Waals surface area (Å²) in [6.07, 6.45) is 2.41. The Labute approximate surface area is 145 Å². The molecule has 1 N–H and O–H groups in total. The van der Waals surface area contributed by atoms with Gasteiger partial charge in [-0.15, -0.1) is 0 Å². The molecule has 0 radical (unpaired) electrons. The minimum Gasteiger partial charge on any atom is -0.492 e. The molecule has 0 fully saturated rings. The van der Waals surface area contributed by atoms with Crippen molar-refractivity contribution in [1.29, 1.82) is 0 Å². The third kappa shape index (κ3) is 4.98. The van der Waals surface area contributed by atoms with Crippen molar-refractivity contribution < 1.29 is 9.53 Å². The average Bonchev–Trinajstić information content (AvgIpc) is 2.54. The number of amides is 1. The van der Waals surface area contributed by atoms with Gasteiger partial charge >= 0.3 is 0 Å². The second-order valence-corrected chi connectivity index (χ2v) is 5.53. The summed E-state index contributed by atoms with van der Waals surface area (Å²) in [5, 5.41) is 4.78. The Morgan fingerprint density at radius 2 is 2.00 bits per heavy atom. The molecule has 0 heterocycles. The SMILES string of the molecule is CCCOc1ccc(/C=N\NC(=O)c2ccccc2Cl)cc1Cl. The van der Waals surface area contributed by atoms with Crippen molar-refractivity contribution in [3.8, 4) is 5.75 Å². The summed E-state index contributed by atoms with van der Waals surface area (Å²) in [5.41, 5.74) is 3.54. The van der Waals surface area contributed by atoms with Gasteiger partial charge in [-0.3, -0.25) is 4.79 Å². The van der Waals surface area contributed by atoms with Crippen molar-refractivity contribution in [3.05, 3.63) is 63.6 Å². The number of hydrogen-bond acceptors (Lipinski definition) is 3. The Bertz CT molecular complexity index is 717. The molecule has 0 aliphatic carbocycles. The second kappa shape index (κ2) is 8.56. The first-order chi connectivity index (χ1) is 11.1. The molecule has 4 nitrogen and oxygen atoms in total. The van der Waals surface area contributed by atoms with Gasteiger partial charge in [-0.2, -0.15) is 5.10 Å². The molecule has 0 unspecified atom stereocenters. The number of hydrogen-bond donors (Lipinski definition) is 1. The van der Waals surface area contributed by atoms with E-state index in [4.69, 9.17) is 27.9 Å². The first-order valence-electron chi connectivity index (χ1n) is 7.12. The summed E-state index contributed by atoms with van der Waals surface area (Å²) in [7, 11) is 0. The number of ether oxygens (including phenoxy) is 1. The second-order valence-electron chi connectivity index (χ2n) is 4.72. The van der Waals surface area contributed by atoms with E-state index in [1.54, 1.807) is 36.4 Å². The number of carbonyl (C=O) groups is 1. The molecule has 2 aromatic rings. The fraction of sp³-hybridized carbons (Fsp3) is 0.176. The molecule has 0 spiro atoms. The minimum absolute atomic E-state index is 0.368. The molecule has 2 rings (SSSR count). The van der Waals surface area contributed by atoms with Gasteiger partial charge in [0.1, 0.15) is 5.75 Å². The van der Waals surface area contributed by atoms with Crippen LogP contribution in [0.2, 0.25) is 10.0 Å². The van der Waals surface area contributed by atoms with Gasteiger partial charge in [0.2, 0.25) is 0 Å². The van der Waals surface area contributed by atoms with E-state index in [1.165, 1.54) is 6.21 Å². The zero-order valence-corrected chi connectivity index (χ0v) is 14.1. The average molecular weight is 351 g/mol. The molecule has 2 aromatic carbocycles. The van der Waals surface area contributed by atoms with Crippen LogP contribution in [0.15, 0.2) is 47.6 Å². The molecule has 0 bridgehead atoms. The summed E-state index contributed by atoms with van der Waals surface area (Å²) in [6.45, 7) is 2.64. The van der Waals surface area contributed by atoms with Gasteiger partial charge in [-0.1, -0.05) is 42.3 Å². The normalized spacial score (nSPS) is 10.7. The van der Waals surface area contributed by atoms with Crippen LogP contribution in [-0.4, -0.2) is 18.7 Å². The smallest absolute Gasteiger partial charge is 0.272 e. The molecule has 23 heavy (non-hydrogen) atoms. The van der Waals surface area contributed by atoms with Crippen molar-refractivity contribution in [2.45, 2.75) is 13.3 Å². The van der Waals surface area contributed by atoms with Crippen molar-refractivity contribution in [3.63, 3.8) is 0 Å². The van der Waals surface area contributed by atoms with Crippen LogP contribution in [0.1, 0.15) is 29.3 Å². The highest BCUT2D eigenvalue weighted by Gasteiger charge is 2.08. The standard InChI is InChI=1S/C17H16Cl2N2O2/c1-2-9-23-16-8-7-12(10-15(16)19)11-20-21-17(22)13-5-3-4-6-14(13)18/h3-8,10-11H,2,9H2,1H3,(H,21,22)/b20-11-. The van der Waals surface area contributed by atoms with Gasteiger partial charge in [0, 0.05) is 0 Å². The van der Waals surface area contributed by atoms with Crippen molar-refractivity contribution in [2.24, 2.45) is 5.10 Å². The molecule has 0 atom stereocenters. The molecule has 0 saturated carbocycles. The highest BCUT2D eigenvalue weighted by Crippen LogP contribution is 2.25. The van der Waals surface area contributed by atoms with E-state index in [0.29, 0.717) is 28.0 Å². The summed E-state index contributed by atoms with van der Waals surface area (Å²) in [4.78, 5) is 11.9. The van der Waals surface area contributed by atoms with Crippen molar-refractivity contribution in [2.75, 3.05) is 6.61 Å². The topological polar surface area (TPSA) is 50.7 Å². The number of nitrogens with zero attached hydrogens (tertiary/aromatic N) is 1. The Morgan fingerprint density at radius 3 is 2.70 bits per heavy atom. The van der Waals surface area contributed by atoms with Crippen LogP contribution in [-0.2, 0) is 0 Å². The molecule has 6 heteroatoms. The van der Waals surface area contributed by atoms with Crippen LogP contribution in [0.5, 0.6) is 5.75 Å². The number of halogens is 2. The van der Waals surface area contributed by atoms with Crippen LogP contribution < -0.4 is 10.2 Å². The quantitative estimate of drug-likeness (QED) is 0.613. The van der Waals surface area contributed by atoms with Crippen LogP contribution in [0.25, 0.3) is 0 Å². The minimum atomic E-state index is -0.374. The highest BCUT2D eigenvalue weighted by atomic mass is 35.5. The summed E-state index contributed by atoms with van der Waals surface area (Å²) >= 11 is 12.1. The number of hydrazone groups is 1. The maximum absolute atomic E-state index is 11.9. The Kier molecular flexibility index (Phi) is 6.44. The lowest BCUT2D eigenvalue weighted by atomic mass is 10.2. The molecule has 1 amide bonds. The van der Waals surface area contributed by atoms with Crippen LogP contribution >= 0.6 is 23.2 Å². The number of benzene rings is 2. The largest absolute Gasteiger partial charge is 0.492 e. The van der Waals surface area contributed by atoms with Gasteiger partial charge in [0.05, 0.1) is 28.4 Å². The lowest BCUT2D eigenvalue weighted by Gasteiger charge is -2.07. The number of nitrogens with one attached hydrogen (secondary N) is 1. The Hall–Kier alpha value is -2.04. The van der Waals surface area contributed by atoms with Crippen molar-refractivity contribution >= 4 is 35.3 Å². The zero-order valence-electron chi connectivity index (χ0n) is 12.6. The Morgan fingerprint density at radius 1 is 1.22 bits per heavy atom. The molecule has 0 aromatic heterocycles. The van der Waals surface area contributed by atoms with Gasteiger partial charge in [-0.05, 0) is 42.3 Å². The van der Waals surface area contributed by atoms with E-state index < -0.39 is 0 Å². The van der Waals surface area contributed by atoms with E-state index in [9.17, 15) is 4.79 Å². The Balaban J connectivity index is 1.99. The molecule has 0 saturated heterocycles. The van der Waals surface area contributed by atoms with Gasteiger partial charge in [0.25, 0.3) is 5.91 Å². The number of rotatable bonds is 6. The third-order valence-electron chi connectivity index (χ3n) is 2.92. The maximum Gasteiger partial charge on any atom is 0.272 e. The fourth-order valence-corrected chi connectivity index (χ4v) is 2.26. The first-order valence-corrected chi connectivity index (χ1v) is 7.87. The summed E-state index contributed by atoms with van der Waals surface area (Å²) in [5.74, 6) is 0.256. The summed E-state index contributed by atoms with van der Waals surface area (Å²) < 4.78 is 5.49. The van der Waals surface area contributed by atoms with Gasteiger partial charge in [-0.25, -0.2) is 5.43 Å². The molecular weight excluding hydrogens is 335 g/mol. The first kappa shape index (κ1) is 17.3. The van der Waals surface area contributed by atoms with E-state index in [2.05, 4.69) is 10.5 Å². The van der Waals surface area contributed by atoms with Crippen LogP contribution in [0, 0.1) is 0 Å². The maximum atomic E-state index is 11.9. The van der Waals surface area contributed by atoms with E-state index in [-0.39, 0.29) is 5.91 Å². The molecular formula is C17H16Cl2N2O2. The monoisotopic (exact) mass is 350 g/mol. The highest BCUT2D eigenvalue weighted by molar-refractivity contribution is 6.33. The molecule has 0 aliphatic rings. The molecule has 0 aliphatic heterocycles. The van der Waals surface area contributed by atoms with Crippen LogP contribution in [0.4, 0.5) is 0 Å². The predicted molar refractivity (Wildman–Crippen MR) is 93.8 cm³/mol. The summed E-state index contributed by atoms with van der Waals surface area (Å²) in [6, 6.07) is 12.1. The fourth-order valence-electron chi connectivity index (χ4n) is 1.80. The third-order valence-corrected chi connectivity index (χ3v) is 3.54. The lowest BCUT2D eigenvalue weighted by molar-refractivity contribution is 0.0955. The van der Waals surface area contributed by atoms with E-state index in [0.717, 1.165) is 12.0 Å². The molecule has 120 valence electrons. The number of carbonyl (C=O) groups excluding carboxylic acids is 1. The lowest BCUT2D eigenvalue weighted by Crippen LogP contribution is -2.17. The van der Waals surface area contributed by atoms with E-state index in [1.807, 2.05) is 13.0 Å². The predicted octanol–water partition coefficient (Wildman–Crippen LogP) is 4.55. The van der Waals surface area contributed by atoms with E-state index >= 15 is 0 Å². The zero-order chi connectivity index (χ0) is 16.7. The van der Waals surface area contributed by atoms with Gasteiger partial charge < -0.3 is 4.74 Å². The van der Waals surface area contributed by atoms with Crippen molar-refractivity contribution in [1.82, 2.24) is 5.43 Å².